The summed E-state index contributed by atoms with van der Waals surface area (Å²) in [5, 5.41) is 2.15. The van der Waals surface area contributed by atoms with Gasteiger partial charge in [0.05, 0.1) is 22.4 Å². The van der Waals surface area contributed by atoms with Crippen LogP contribution in [0.5, 0.6) is 0 Å². The molecule has 7 aromatic carbocycles. The van der Waals surface area contributed by atoms with E-state index >= 15 is 0 Å². The van der Waals surface area contributed by atoms with E-state index in [-0.39, 0.29) is 48.7 Å². The average Bonchev–Trinajstić information content (AvgIpc) is 3.90. The van der Waals surface area contributed by atoms with Crippen LogP contribution >= 0.6 is 0 Å². The number of pyridine rings is 1. The van der Waals surface area contributed by atoms with Crippen LogP contribution in [0.15, 0.2) is 162 Å². The molecule has 65 heavy (non-hydrogen) atoms. The van der Waals surface area contributed by atoms with E-state index in [4.69, 9.17) is 13.5 Å². The number of para-hydroxylation sites is 2. The van der Waals surface area contributed by atoms with Crippen LogP contribution in [0.4, 0.5) is 4.39 Å². The zero-order valence-corrected chi connectivity index (χ0v) is 40.0. The molecule has 327 valence electrons. The van der Waals surface area contributed by atoms with Gasteiger partial charge in [0.2, 0.25) is 0 Å². The molecule has 0 spiro atoms. The van der Waals surface area contributed by atoms with Crippen LogP contribution in [-0.2, 0) is 25.5 Å². The van der Waals surface area contributed by atoms with Crippen LogP contribution in [0.1, 0.15) is 86.7 Å². The van der Waals surface area contributed by atoms with Gasteiger partial charge in [0.15, 0.2) is 0 Å². The molecule has 3 heterocycles. The zero-order valence-electron chi connectivity index (χ0n) is 40.6. The first-order chi connectivity index (χ1) is 32.1. The van der Waals surface area contributed by atoms with Crippen LogP contribution < -0.4 is 0 Å². The molecule has 10 aromatic rings. The third kappa shape index (κ3) is 8.99. The smallest absolute Gasteiger partial charge is 0.121 e. The van der Waals surface area contributed by atoms with E-state index in [2.05, 4.69) is 165 Å². The molecule has 0 N–H and O–H groups in total. The Morgan fingerprint density at radius 2 is 1.35 bits per heavy atom. The number of nitrogens with zero attached hydrogens (tertiary/aromatic N) is 3. The molecule has 3 aromatic heterocycles. The van der Waals surface area contributed by atoms with E-state index in [1.54, 1.807) is 12.1 Å². The minimum absolute atomic E-state index is 0. The maximum atomic E-state index is 13.0. The largest absolute Gasteiger partial charge is 0.501 e. The van der Waals surface area contributed by atoms with Gasteiger partial charge in [0.1, 0.15) is 5.58 Å². The Morgan fingerprint density at radius 3 is 1.98 bits per heavy atom. The third-order valence-corrected chi connectivity index (χ3v) is 11.8. The van der Waals surface area contributed by atoms with Crippen molar-refractivity contribution in [2.45, 2.75) is 72.6 Å². The first-order valence-electron chi connectivity index (χ1n) is 23.4. The molecule has 0 aliphatic rings. The van der Waals surface area contributed by atoms with Crippen molar-refractivity contribution in [3.8, 4) is 50.6 Å². The second kappa shape index (κ2) is 18.6. The molecule has 0 atom stereocenters. The number of fused-ring (bicyclic) bond motifs is 4. The number of furan rings is 1. The van der Waals surface area contributed by atoms with Gasteiger partial charge in [0, 0.05) is 47.3 Å². The summed E-state index contributed by atoms with van der Waals surface area (Å²) >= 11 is 0. The van der Waals surface area contributed by atoms with Gasteiger partial charge in [-0.15, -0.1) is 48.0 Å². The number of aryl methyl sites for hydroxylation is 1. The van der Waals surface area contributed by atoms with Crippen LogP contribution in [0, 0.1) is 24.8 Å². The summed E-state index contributed by atoms with van der Waals surface area (Å²) in [7, 11) is 0. The molecule has 0 saturated heterocycles. The monoisotopic (exact) mass is 1030 g/mol. The molecule has 6 heteroatoms. The molecule has 0 bridgehead atoms. The van der Waals surface area contributed by atoms with Crippen molar-refractivity contribution in [3.63, 3.8) is 0 Å². The predicted octanol–water partition coefficient (Wildman–Crippen LogP) is 16.3. The van der Waals surface area contributed by atoms with Crippen LogP contribution in [0.25, 0.3) is 83.6 Å². The third-order valence-electron chi connectivity index (χ3n) is 11.8. The van der Waals surface area contributed by atoms with Gasteiger partial charge in [0.25, 0.3) is 0 Å². The van der Waals surface area contributed by atoms with Crippen LogP contribution in [0.3, 0.4) is 0 Å². The Bertz CT molecular complexity index is 3360. The number of aromatic nitrogens is 3. The Labute approximate surface area is 399 Å². The molecule has 0 amide bonds. The number of benzene rings is 7. The molecule has 0 aliphatic carbocycles. The summed E-state index contributed by atoms with van der Waals surface area (Å²) < 4.78 is 45.0. The quantitative estimate of drug-likeness (QED) is 0.149. The number of rotatable bonds is 7. The van der Waals surface area contributed by atoms with Crippen molar-refractivity contribution in [2.24, 2.45) is 0 Å². The summed E-state index contributed by atoms with van der Waals surface area (Å²) in [4.78, 5) is 9.50. The fourth-order valence-corrected chi connectivity index (χ4v) is 8.54. The van der Waals surface area contributed by atoms with Crippen LogP contribution in [0.2, 0.25) is 0 Å². The van der Waals surface area contributed by atoms with E-state index in [1.165, 1.54) is 51.8 Å². The summed E-state index contributed by atoms with van der Waals surface area (Å²) in [5.41, 5.74) is 14.9. The van der Waals surface area contributed by atoms with Crippen molar-refractivity contribution in [1.82, 2.24) is 14.5 Å². The second-order valence-corrected chi connectivity index (χ2v) is 18.0. The summed E-state index contributed by atoms with van der Waals surface area (Å²) in [6, 6.07) is 57.2. The van der Waals surface area contributed by atoms with Gasteiger partial charge >= 0.3 is 0 Å². The van der Waals surface area contributed by atoms with Gasteiger partial charge in [-0.2, -0.15) is 0 Å². The molecule has 0 saturated carbocycles. The standard InChI is InChI=1S/C43H35N2O.C16H17FN.Ir/c1-27(2)36-24-32(30-16-9-6-10-17-30)25-37(28(3)4)41(36)45-39-21-12-11-20-38(39)44-43(45)35-19-13-18-34-33-23-22-31(26-40(33)46-42(34)35)29-14-7-5-8-15-29;1-11-10-18-15(9-14(11)16(2,3)4)12-5-7-13(17)8-6-12;/h5-18,20-28H,1-4H3;5,7-10H,1-4H3;/q2*-1;/i;1D3;. The number of imidazole rings is 1. The molecule has 10 rings (SSSR count). The van der Waals surface area contributed by atoms with E-state index in [0.29, 0.717) is 16.8 Å². The minimum atomic E-state index is -2.21. The predicted molar refractivity (Wildman–Crippen MR) is 264 cm³/mol. The number of hydrogen-bond acceptors (Lipinski definition) is 3. The second-order valence-electron chi connectivity index (χ2n) is 18.0. The first kappa shape index (κ1) is 41.3. The van der Waals surface area contributed by atoms with Crippen molar-refractivity contribution < 1.29 is 33.0 Å². The topological polar surface area (TPSA) is 43.9 Å². The van der Waals surface area contributed by atoms with Crippen molar-refractivity contribution >= 4 is 33.0 Å². The Balaban J connectivity index is 0.000000240. The van der Waals surface area contributed by atoms with Crippen molar-refractivity contribution in [2.75, 3.05) is 0 Å². The number of hydrogen-bond donors (Lipinski definition) is 0. The normalized spacial score (nSPS) is 12.5. The molecule has 1 radical (unpaired) electrons. The minimum Gasteiger partial charge on any atom is -0.501 e. The van der Waals surface area contributed by atoms with E-state index in [0.717, 1.165) is 49.9 Å². The first-order valence-corrected chi connectivity index (χ1v) is 21.9. The van der Waals surface area contributed by atoms with E-state index in [1.807, 2.05) is 32.9 Å². The Morgan fingerprint density at radius 1 is 0.692 bits per heavy atom. The van der Waals surface area contributed by atoms with Gasteiger partial charge in [-0.3, -0.25) is 9.37 Å². The molecule has 0 unspecified atom stereocenters. The molecule has 0 fully saturated rings. The zero-order chi connectivity index (χ0) is 47.2. The fraction of sp³-hybridized carbons (Fsp3) is 0.186. The van der Waals surface area contributed by atoms with Gasteiger partial charge in [-0.25, -0.2) is 0 Å². The Hall–Kier alpha value is -6.46. The average molecular weight is 1030 g/mol. The SMILES string of the molecule is CC(C)c1cc(-c2ccccc2)cc(C(C)C)c1-n1c(-c2[c-]ccc3c2oc2cc(-c4ccccc4)ccc23)nc2ccccc21.[2H]C([2H])([2H])c1cnc(-c2[c-]cc(F)cc2)cc1C(C)(C)C.[Ir]. The van der Waals surface area contributed by atoms with Gasteiger partial charge < -0.3 is 14.0 Å². The number of halogens is 1. The van der Waals surface area contributed by atoms with Crippen molar-refractivity contribution in [1.29, 1.82) is 0 Å². The summed E-state index contributed by atoms with van der Waals surface area (Å²) in [6.07, 6.45) is 1.39. The molecule has 4 nitrogen and oxygen atoms in total. The molecular formula is C59H52FIrN3O-2. The summed E-state index contributed by atoms with van der Waals surface area (Å²) in [5.74, 6) is 1.04. The van der Waals surface area contributed by atoms with E-state index in [9.17, 15) is 4.39 Å². The maximum absolute atomic E-state index is 13.0. The Kier molecular flexibility index (Phi) is 11.8. The van der Waals surface area contributed by atoms with E-state index < -0.39 is 6.85 Å². The maximum Gasteiger partial charge on any atom is 0.121 e. The van der Waals surface area contributed by atoms with Gasteiger partial charge in [-0.1, -0.05) is 150 Å². The fourth-order valence-electron chi connectivity index (χ4n) is 8.54. The molecule has 0 aliphatic heterocycles. The van der Waals surface area contributed by atoms with Gasteiger partial charge in [-0.05, 0) is 105 Å². The van der Waals surface area contributed by atoms with Crippen molar-refractivity contribution in [3.05, 3.63) is 198 Å². The van der Waals surface area contributed by atoms with Crippen LogP contribution in [-0.4, -0.2) is 14.5 Å². The molecular weight excluding hydrogens is 978 g/mol. The summed E-state index contributed by atoms with van der Waals surface area (Å²) in [6.45, 7) is 12.8.